The minimum absolute atomic E-state index is 0.327. The maximum Gasteiger partial charge on any atom is 0.0561 e. The average molecular weight is 353 g/mol. The molecule has 4 heteroatoms. The maximum absolute atomic E-state index is 3.64. The van der Waals surface area contributed by atoms with E-state index >= 15 is 0 Å². The van der Waals surface area contributed by atoms with Crippen molar-refractivity contribution in [3.8, 4) is 0 Å². The first-order chi connectivity index (χ1) is 9.59. The Morgan fingerprint density at radius 1 is 1.20 bits per heavy atom. The zero-order valence-corrected chi connectivity index (χ0v) is 14.5. The van der Waals surface area contributed by atoms with Crippen LogP contribution in [0.4, 0.5) is 0 Å². The van der Waals surface area contributed by atoms with Gasteiger partial charge in [0.2, 0.25) is 0 Å². The lowest BCUT2D eigenvalue weighted by molar-refractivity contribution is 0.285. The molecule has 0 saturated carbocycles. The third-order valence-electron chi connectivity index (χ3n) is 3.48. The Bertz CT molecular complexity index is 525. The minimum Gasteiger partial charge on any atom is -0.308 e. The van der Waals surface area contributed by atoms with E-state index < -0.39 is 0 Å². The molecule has 0 aliphatic heterocycles. The fourth-order valence-corrected chi connectivity index (χ4v) is 3.79. The molecule has 0 saturated heterocycles. The molecule has 20 heavy (non-hydrogen) atoms. The van der Waals surface area contributed by atoms with Crippen molar-refractivity contribution >= 4 is 27.3 Å². The standard InChI is InChI=1S/C16H21BrN2S/c1-12(13-7-4-5-8-14(13)17)18-11-15(19(2)3)16-9-6-10-20-16/h4-10,12,15,18H,11H2,1-3H3. The Morgan fingerprint density at radius 3 is 2.55 bits per heavy atom. The van der Waals surface area contributed by atoms with E-state index in [1.54, 1.807) is 0 Å². The molecule has 2 nitrogen and oxygen atoms in total. The summed E-state index contributed by atoms with van der Waals surface area (Å²) in [5, 5.41) is 5.79. The Kier molecular flexibility index (Phi) is 5.78. The van der Waals surface area contributed by atoms with Crippen LogP contribution in [0.1, 0.15) is 29.4 Å². The number of hydrogen-bond acceptors (Lipinski definition) is 3. The van der Waals surface area contributed by atoms with Crippen molar-refractivity contribution in [1.29, 1.82) is 0 Å². The highest BCUT2D eigenvalue weighted by atomic mass is 79.9. The molecule has 1 aromatic heterocycles. The summed E-state index contributed by atoms with van der Waals surface area (Å²) in [4.78, 5) is 3.67. The third-order valence-corrected chi connectivity index (χ3v) is 5.18. The summed E-state index contributed by atoms with van der Waals surface area (Å²) in [6.45, 7) is 3.15. The van der Waals surface area contributed by atoms with Crippen LogP contribution in [0.3, 0.4) is 0 Å². The van der Waals surface area contributed by atoms with Gasteiger partial charge < -0.3 is 10.2 Å². The molecule has 0 radical (unpaired) electrons. The molecule has 1 N–H and O–H groups in total. The molecule has 0 amide bonds. The molecule has 1 aromatic carbocycles. The van der Waals surface area contributed by atoms with Gasteiger partial charge in [0, 0.05) is 21.9 Å². The third kappa shape index (κ3) is 3.92. The van der Waals surface area contributed by atoms with Crippen LogP contribution in [-0.2, 0) is 0 Å². The van der Waals surface area contributed by atoms with Gasteiger partial charge in [-0.1, -0.05) is 40.2 Å². The van der Waals surface area contributed by atoms with Crippen molar-refractivity contribution in [3.63, 3.8) is 0 Å². The molecule has 1 heterocycles. The van der Waals surface area contributed by atoms with Crippen LogP contribution < -0.4 is 5.32 Å². The van der Waals surface area contributed by atoms with Crippen molar-refractivity contribution in [1.82, 2.24) is 10.2 Å². The van der Waals surface area contributed by atoms with Crippen molar-refractivity contribution in [2.75, 3.05) is 20.6 Å². The highest BCUT2D eigenvalue weighted by Gasteiger charge is 2.17. The van der Waals surface area contributed by atoms with Crippen LogP contribution in [-0.4, -0.2) is 25.5 Å². The van der Waals surface area contributed by atoms with Gasteiger partial charge in [-0.25, -0.2) is 0 Å². The van der Waals surface area contributed by atoms with Gasteiger partial charge in [-0.05, 0) is 44.1 Å². The fourth-order valence-electron chi connectivity index (χ4n) is 2.24. The number of benzene rings is 1. The van der Waals surface area contributed by atoms with Crippen molar-refractivity contribution in [2.45, 2.75) is 19.0 Å². The van der Waals surface area contributed by atoms with E-state index in [4.69, 9.17) is 0 Å². The lowest BCUT2D eigenvalue weighted by Crippen LogP contribution is -2.32. The monoisotopic (exact) mass is 352 g/mol. The number of halogens is 1. The van der Waals surface area contributed by atoms with E-state index in [9.17, 15) is 0 Å². The van der Waals surface area contributed by atoms with E-state index in [1.807, 2.05) is 11.3 Å². The lowest BCUT2D eigenvalue weighted by atomic mass is 10.1. The van der Waals surface area contributed by atoms with Crippen LogP contribution in [0, 0.1) is 0 Å². The Morgan fingerprint density at radius 2 is 1.95 bits per heavy atom. The molecule has 2 aromatic rings. The molecule has 0 aliphatic rings. The zero-order chi connectivity index (χ0) is 14.5. The van der Waals surface area contributed by atoms with Gasteiger partial charge in [-0.15, -0.1) is 11.3 Å². The zero-order valence-electron chi connectivity index (χ0n) is 12.1. The van der Waals surface area contributed by atoms with Crippen molar-refractivity contribution in [3.05, 3.63) is 56.7 Å². The van der Waals surface area contributed by atoms with Crippen molar-refractivity contribution in [2.24, 2.45) is 0 Å². The Balaban J connectivity index is 2.01. The lowest BCUT2D eigenvalue weighted by Gasteiger charge is -2.26. The van der Waals surface area contributed by atoms with Gasteiger partial charge in [0.1, 0.15) is 0 Å². The van der Waals surface area contributed by atoms with Crippen LogP contribution in [0.15, 0.2) is 46.3 Å². The highest BCUT2D eigenvalue weighted by Crippen LogP contribution is 2.26. The van der Waals surface area contributed by atoms with E-state index in [-0.39, 0.29) is 0 Å². The highest BCUT2D eigenvalue weighted by molar-refractivity contribution is 9.10. The number of rotatable bonds is 6. The Hall–Kier alpha value is -0.680. The van der Waals surface area contributed by atoms with E-state index in [2.05, 4.69) is 88.9 Å². The maximum atomic E-state index is 3.64. The topological polar surface area (TPSA) is 15.3 Å². The number of hydrogen-bond donors (Lipinski definition) is 1. The Labute approximate surface area is 133 Å². The van der Waals surface area contributed by atoms with Crippen LogP contribution in [0.2, 0.25) is 0 Å². The molecule has 0 bridgehead atoms. The fraction of sp³-hybridized carbons (Fsp3) is 0.375. The van der Waals surface area contributed by atoms with Gasteiger partial charge in [-0.2, -0.15) is 0 Å². The molecular weight excluding hydrogens is 332 g/mol. The minimum atomic E-state index is 0.327. The number of nitrogens with zero attached hydrogens (tertiary/aromatic N) is 1. The second-order valence-corrected chi connectivity index (χ2v) is 6.98. The number of likely N-dealkylation sites (N-methyl/N-ethyl adjacent to an activating group) is 1. The summed E-state index contributed by atoms with van der Waals surface area (Å²) in [5.41, 5.74) is 1.30. The summed E-state index contributed by atoms with van der Waals surface area (Å²) in [6.07, 6.45) is 0. The smallest absolute Gasteiger partial charge is 0.0561 e. The van der Waals surface area contributed by atoms with Crippen LogP contribution in [0.5, 0.6) is 0 Å². The molecule has 108 valence electrons. The molecule has 0 spiro atoms. The molecule has 0 fully saturated rings. The van der Waals surface area contributed by atoms with Crippen LogP contribution >= 0.6 is 27.3 Å². The SMILES string of the molecule is CC(NCC(c1cccs1)N(C)C)c1ccccc1Br. The quantitative estimate of drug-likeness (QED) is 0.825. The normalized spacial score (nSPS) is 14.4. The van der Waals surface area contributed by atoms with Gasteiger partial charge in [0.25, 0.3) is 0 Å². The molecule has 2 rings (SSSR count). The first-order valence-electron chi connectivity index (χ1n) is 6.77. The number of thiophene rings is 1. The molecule has 2 atom stereocenters. The van der Waals surface area contributed by atoms with Gasteiger partial charge in [-0.3, -0.25) is 0 Å². The first kappa shape index (κ1) is 15.7. The van der Waals surface area contributed by atoms with Gasteiger partial charge in [0.05, 0.1) is 6.04 Å². The molecule has 2 unspecified atom stereocenters. The number of nitrogens with one attached hydrogen (secondary N) is 1. The average Bonchev–Trinajstić information content (AvgIpc) is 2.92. The second-order valence-electron chi connectivity index (χ2n) is 5.15. The summed E-state index contributed by atoms with van der Waals surface area (Å²) >= 11 is 5.44. The molecular formula is C16H21BrN2S. The molecule has 0 aliphatic carbocycles. The van der Waals surface area contributed by atoms with Crippen molar-refractivity contribution < 1.29 is 0 Å². The predicted molar refractivity (Wildman–Crippen MR) is 91.3 cm³/mol. The predicted octanol–water partition coefficient (Wildman–Crippen LogP) is 4.46. The summed E-state index contributed by atoms with van der Waals surface area (Å²) in [6, 6.07) is 13.5. The van der Waals surface area contributed by atoms with Gasteiger partial charge in [0.15, 0.2) is 0 Å². The van der Waals surface area contributed by atoms with E-state index in [1.165, 1.54) is 10.4 Å². The van der Waals surface area contributed by atoms with Gasteiger partial charge >= 0.3 is 0 Å². The largest absolute Gasteiger partial charge is 0.308 e. The second kappa shape index (κ2) is 7.36. The summed E-state index contributed by atoms with van der Waals surface area (Å²) < 4.78 is 1.16. The van der Waals surface area contributed by atoms with Crippen LogP contribution in [0.25, 0.3) is 0 Å². The summed E-state index contributed by atoms with van der Waals surface area (Å²) in [5.74, 6) is 0. The van der Waals surface area contributed by atoms with E-state index in [0.717, 1.165) is 11.0 Å². The summed E-state index contributed by atoms with van der Waals surface area (Å²) in [7, 11) is 4.27. The first-order valence-corrected chi connectivity index (χ1v) is 8.44. The van der Waals surface area contributed by atoms with E-state index in [0.29, 0.717) is 12.1 Å².